The zero-order valence-corrected chi connectivity index (χ0v) is 18.1. The standard InChI is InChI=1S/C21H22ClN5OS/c1-13(16-12-29-19(25-16)14-4-6-15(22)7-5-14)24-20-23-11-9-17(26-20)27-18(28)8-10-21(27,2)3/h4-7,9,11-13H,8,10H2,1-3H3,(H,23,24,26)/t13-/m0/s1. The smallest absolute Gasteiger partial charge is 0.228 e. The van der Waals surface area contributed by atoms with E-state index in [1.807, 2.05) is 36.6 Å². The number of carbonyl (C=O) groups excluding carboxylic acids is 1. The molecule has 1 saturated heterocycles. The summed E-state index contributed by atoms with van der Waals surface area (Å²) in [6.07, 6.45) is 3.04. The van der Waals surface area contributed by atoms with Crippen molar-refractivity contribution in [2.45, 2.75) is 45.2 Å². The van der Waals surface area contributed by atoms with E-state index in [0.717, 1.165) is 22.7 Å². The van der Waals surface area contributed by atoms with Crippen molar-refractivity contribution in [3.05, 3.63) is 52.6 Å². The zero-order valence-electron chi connectivity index (χ0n) is 16.5. The number of aromatic nitrogens is 3. The molecule has 1 aliphatic rings. The predicted octanol–water partition coefficient (Wildman–Crippen LogP) is 5.33. The van der Waals surface area contributed by atoms with E-state index < -0.39 is 0 Å². The predicted molar refractivity (Wildman–Crippen MR) is 117 cm³/mol. The third-order valence-corrected chi connectivity index (χ3v) is 6.24. The Morgan fingerprint density at radius 3 is 2.66 bits per heavy atom. The van der Waals surface area contributed by atoms with Crippen LogP contribution in [0, 0.1) is 0 Å². The first-order chi connectivity index (χ1) is 13.8. The number of hydrogen-bond donors (Lipinski definition) is 1. The van der Waals surface area contributed by atoms with Crippen LogP contribution in [-0.2, 0) is 4.79 Å². The van der Waals surface area contributed by atoms with Gasteiger partial charge in [0, 0.05) is 34.1 Å². The number of hydrogen-bond acceptors (Lipinski definition) is 6. The molecule has 0 radical (unpaired) electrons. The highest BCUT2D eigenvalue weighted by Crippen LogP contribution is 2.34. The molecule has 0 saturated carbocycles. The Hall–Kier alpha value is -2.51. The number of nitrogens with one attached hydrogen (secondary N) is 1. The lowest BCUT2D eigenvalue weighted by atomic mass is 10.0. The van der Waals surface area contributed by atoms with Gasteiger partial charge in [0.15, 0.2) is 0 Å². The number of halogens is 1. The number of carbonyl (C=O) groups is 1. The van der Waals surface area contributed by atoms with Gasteiger partial charge in [-0.1, -0.05) is 23.7 Å². The number of nitrogens with zero attached hydrogens (tertiary/aromatic N) is 4. The molecule has 1 aromatic carbocycles. The van der Waals surface area contributed by atoms with Gasteiger partial charge in [0.1, 0.15) is 10.8 Å². The molecule has 1 amide bonds. The van der Waals surface area contributed by atoms with Gasteiger partial charge < -0.3 is 5.32 Å². The molecule has 1 N–H and O–H groups in total. The molecular formula is C21H22ClN5OS. The number of anilines is 2. The van der Waals surface area contributed by atoms with Gasteiger partial charge in [-0.15, -0.1) is 11.3 Å². The van der Waals surface area contributed by atoms with E-state index in [0.29, 0.717) is 23.2 Å². The lowest BCUT2D eigenvalue weighted by Crippen LogP contribution is -2.41. The van der Waals surface area contributed by atoms with Crippen LogP contribution in [0.2, 0.25) is 5.02 Å². The molecule has 6 nitrogen and oxygen atoms in total. The Morgan fingerprint density at radius 1 is 1.21 bits per heavy atom. The Morgan fingerprint density at radius 2 is 1.97 bits per heavy atom. The summed E-state index contributed by atoms with van der Waals surface area (Å²) < 4.78 is 0. The van der Waals surface area contributed by atoms with Gasteiger partial charge in [-0.05, 0) is 45.4 Å². The molecule has 0 unspecified atom stereocenters. The first-order valence-electron chi connectivity index (χ1n) is 9.47. The SMILES string of the molecule is C[C@H](Nc1nccc(N2C(=O)CCC2(C)C)n1)c1csc(-c2ccc(Cl)cc2)n1. The third kappa shape index (κ3) is 4.11. The fourth-order valence-electron chi connectivity index (χ4n) is 3.43. The molecule has 1 fully saturated rings. The molecule has 0 spiro atoms. The van der Waals surface area contributed by atoms with Crippen LogP contribution in [0.3, 0.4) is 0 Å². The lowest BCUT2D eigenvalue weighted by Gasteiger charge is -2.30. The summed E-state index contributed by atoms with van der Waals surface area (Å²) in [6, 6.07) is 9.35. The number of thiazole rings is 1. The molecule has 0 aliphatic carbocycles. The van der Waals surface area contributed by atoms with Gasteiger partial charge >= 0.3 is 0 Å². The highest BCUT2D eigenvalue weighted by molar-refractivity contribution is 7.13. The number of rotatable bonds is 5. The first-order valence-corrected chi connectivity index (χ1v) is 10.7. The van der Waals surface area contributed by atoms with Crippen LogP contribution in [0.5, 0.6) is 0 Å². The maximum absolute atomic E-state index is 12.3. The molecule has 2 aromatic heterocycles. The Balaban J connectivity index is 1.51. The quantitative estimate of drug-likeness (QED) is 0.595. The minimum Gasteiger partial charge on any atom is -0.346 e. The monoisotopic (exact) mass is 427 g/mol. The summed E-state index contributed by atoms with van der Waals surface area (Å²) in [4.78, 5) is 27.7. The maximum Gasteiger partial charge on any atom is 0.228 e. The van der Waals surface area contributed by atoms with E-state index >= 15 is 0 Å². The Labute approximate surface area is 179 Å². The highest BCUT2D eigenvalue weighted by Gasteiger charge is 2.39. The fourth-order valence-corrected chi connectivity index (χ4v) is 4.48. The lowest BCUT2D eigenvalue weighted by molar-refractivity contribution is -0.117. The molecule has 3 aromatic rings. The van der Waals surface area contributed by atoms with Crippen molar-refractivity contribution in [2.75, 3.05) is 10.2 Å². The minimum atomic E-state index is -0.239. The van der Waals surface area contributed by atoms with E-state index in [-0.39, 0.29) is 17.5 Å². The normalized spacial score (nSPS) is 16.8. The van der Waals surface area contributed by atoms with Crippen LogP contribution in [0.25, 0.3) is 10.6 Å². The van der Waals surface area contributed by atoms with Crippen LogP contribution in [0.15, 0.2) is 41.9 Å². The van der Waals surface area contributed by atoms with Crippen molar-refractivity contribution in [3.63, 3.8) is 0 Å². The van der Waals surface area contributed by atoms with Gasteiger partial charge in [-0.3, -0.25) is 9.69 Å². The van der Waals surface area contributed by atoms with Gasteiger partial charge in [-0.25, -0.2) is 9.97 Å². The molecule has 1 aliphatic heterocycles. The molecule has 0 bridgehead atoms. The average molecular weight is 428 g/mol. The van der Waals surface area contributed by atoms with Gasteiger partial charge in [0.05, 0.1) is 11.7 Å². The fraction of sp³-hybridized carbons (Fsp3) is 0.333. The second kappa shape index (κ2) is 7.72. The van der Waals surface area contributed by atoms with E-state index in [4.69, 9.17) is 16.6 Å². The van der Waals surface area contributed by atoms with Crippen molar-refractivity contribution < 1.29 is 4.79 Å². The van der Waals surface area contributed by atoms with Crippen LogP contribution >= 0.6 is 22.9 Å². The molecular weight excluding hydrogens is 406 g/mol. The van der Waals surface area contributed by atoms with E-state index in [9.17, 15) is 4.79 Å². The average Bonchev–Trinajstić information content (AvgIpc) is 3.27. The zero-order chi connectivity index (χ0) is 20.6. The van der Waals surface area contributed by atoms with Crippen molar-refractivity contribution >= 4 is 40.6 Å². The minimum absolute atomic E-state index is 0.0789. The summed E-state index contributed by atoms with van der Waals surface area (Å²) in [5.74, 6) is 1.20. The van der Waals surface area contributed by atoms with Crippen LogP contribution < -0.4 is 10.2 Å². The Bertz CT molecular complexity index is 1030. The second-order valence-corrected chi connectivity index (χ2v) is 9.03. The van der Waals surface area contributed by atoms with Crippen molar-refractivity contribution in [3.8, 4) is 10.6 Å². The summed E-state index contributed by atoms with van der Waals surface area (Å²) in [6.45, 7) is 6.13. The summed E-state index contributed by atoms with van der Waals surface area (Å²) in [5, 5.41) is 6.97. The van der Waals surface area contributed by atoms with Crippen LogP contribution in [0.4, 0.5) is 11.8 Å². The van der Waals surface area contributed by atoms with Gasteiger partial charge in [0.2, 0.25) is 11.9 Å². The van der Waals surface area contributed by atoms with E-state index in [1.54, 1.807) is 28.5 Å². The largest absolute Gasteiger partial charge is 0.346 e. The molecule has 150 valence electrons. The highest BCUT2D eigenvalue weighted by atomic mass is 35.5. The van der Waals surface area contributed by atoms with Crippen molar-refractivity contribution in [1.82, 2.24) is 15.0 Å². The first kappa shape index (κ1) is 19.8. The molecule has 29 heavy (non-hydrogen) atoms. The van der Waals surface area contributed by atoms with Crippen LogP contribution in [-0.4, -0.2) is 26.4 Å². The topological polar surface area (TPSA) is 71.0 Å². The van der Waals surface area contributed by atoms with Gasteiger partial charge in [0.25, 0.3) is 0 Å². The van der Waals surface area contributed by atoms with Crippen molar-refractivity contribution in [1.29, 1.82) is 0 Å². The maximum atomic E-state index is 12.3. The molecule has 8 heteroatoms. The van der Waals surface area contributed by atoms with Gasteiger partial charge in [-0.2, -0.15) is 4.98 Å². The van der Waals surface area contributed by atoms with Crippen LogP contribution in [0.1, 0.15) is 45.3 Å². The molecule has 4 rings (SSSR count). The van der Waals surface area contributed by atoms with Crippen molar-refractivity contribution in [2.24, 2.45) is 0 Å². The molecule has 1 atom stereocenters. The number of benzene rings is 1. The Kier molecular flexibility index (Phi) is 5.27. The number of amides is 1. The van der Waals surface area contributed by atoms with E-state index in [2.05, 4.69) is 29.1 Å². The summed E-state index contributed by atoms with van der Waals surface area (Å²) in [7, 11) is 0. The summed E-state index contributed by atoms with van der Waals surface area (Å²) in [5.41, 5.74) is 1.70. The third-order valence-electron chi connectivity index (χ3n) is 5.08. The van der Waals surface area contributed by atoms with E-state index in [1.165, 1.54) is 0 Å². The second-order valence-electron chi connectivity index (χ2n) is 7.73. The molecule has 3 heterocycles. The summed E-state index contributed by atoms with van der Waals surface area (Å²) >= 11 is 7.55.